The zero-order valence-corrected chi connectivity index (χ0v) is 17.0. The van der Waals surface area contributed by atoms with Gasteiger partial charge in [-0.3, -0.25) is 14.6 Å². The van der Waals surface area contributed by atoms with E-state index < -0.39 is 11.7 Å². The van der Waals surface area contributed by atoms with Crippen molar-refractivity contribution < 1.29 is 18.0 Å². The second kappa shape index (κ2) is 8.71. The van der Waals surface area contributed by atoms with Gasteiger partial charge in [0.2, 0.25) is 5.91 Å². The molecule has 4 rings (SSSR count). The molecule has 158 valence electrons. The van der Waals surface area contributed by atoms with Crippen LogP contribution in [-0.4, -0.2) is 53.4 Å². The van der Waals surface area contributed by atoms with Crippen LogP contribution >= 0.6 is 11.3 Å². The lowest BCUT2D eigenvalue weighted by molar-refractivity contribution is -0.137. The van der Waals surface area contributed by atoms with Gasteiger partial charge in [0.1, 0.15) is 0 Å². The Labute approximate surface area is 176 Å². The minimum atomic E-state index is -4.33. The number of aromatic nitrogens is 1. The van der Waals surface area contributed by atoms with E-state index >= 15 is 0 Å². The number of rotatable bonds is 5. The predicted molar refractivity (Wildman–Crippen MR) is 111 cm³/mol. The Hall–Kier alpha value is -2.49. The molecule has 0 atom stereocenters. The van der Waals surface area contributed by atoms with Gasteiger partial charge in [-0.2, -0.15) is 13.2 Å². The van der Waals surface area contributed by atoms with E-state index in [1.807, 2.05) is 29.2 Å². The Bertz CT molecular complexity index is 995. The first-order valence-corrected chi connectivity index (χ1v) is 10.4. The van der Waals surface area contributed by atoms with Crippen molar-refractivity contribution in [2.24, 2.45) is 0 Å². The molecule has 1 aliphatic rings. The van der Waals surface area contributed by atoms with Crippen molar-refractivity contribution in [3.8, 4) is 0 Å². The summed E-state index contributed by atoms with van der Waals surface area (Å²) in [5, 5.41) is 3.44. The molecule has 1 N–H and O–H groups in total. The average molecular weight is 434 g/mol. The summed E-state index contributed by atoms with van der Waals surface area (Å²) in [6.45, 7) is 3.51. The van der Waals surface area contributed by atoms with E-state index in [2.05, 4.69) is 15.2 Å². The highest BCUT2D eigenvalue weighted by Crippen LogP contribution is 2.30. The Kier molecular flexibility index (Phi) is 6.03. The number of piperazine rings is 1. The quantitative estimate of drug-likeness (QED) is 0.658. The lowest BCUT2D eigenvalue weighted by atomic mass is 10.1. The third kappa shape index (κ3) is 5.16. The number of nitrogens with one attached hydrogen (secondary N) is 1. The minimum absolute atomic E-state index is 0.111. The fraction of sp³-hybridized carbons (Fsp3) is 0.333. The van der Waals surface area contributed by atoms with Gasteiger partial charge in [-0.25, -0.2) is 4.98 Å². The van der Waals surface area contributed by atoms with Crippen LogP contribution in [0.2, 0.25) is 0 Å². The van der Waals surface area contributed by atoms with Crippen molar-refractivity contribution in [3.63, 3.8) is 0 Å². The molecule has 0 aliphatic carbocycles. The topological polar surface area (TPSA) is 48.5 Å². The number of thiazole rings is 1. The van der Waals surface area contributed by atoms with Crippen LogP contribution in [-0.2, 0) is 17.5 Å². The number of alkyl halides is 3. The maximum atomic E-state index is 12.9. The maximum absolute atomic E-state index is 12.9. The first kappa shape index (κ1) is 20.8. The van der Waals surface area contributed by atoms with E-state index in [4.69, 9.17) is 0 Å². The number of hydrogen-bond acceptors (Lipinski definition) is 5. The number of anilines is 1. The first-order valence-electron chi connectivity index (χ1n) is 9.63. The van der Waals surface area contributed by atoms with Crippen LogP contribution in [0.3, 0.4) is 0 Å². The van der Waals surface area contributed by atoms with Gasteiger partial charge in [-0.15, -0.1) is 0 Å². The Morgan fingerprint density at radius 2 is 1.77 bits per heavy atom. The van der Waals surface area contributed by atoms with Crippen LogP contribution in [0.4, 0.5) is 18.3 Å². The number of carbonyl (C=O) groups excluding carboxylic acids is 1. The highest BCUT2D eigenvalue weighted by Gasteiger charge is 2.30. The molecule has 0 unspecified atom stereocenters. The second-order valence-electron chi connectivity index (χ2n) is 7.29. The Morgan fingerprint density at radius 3 is 2.50 bits per heavy atom. The van der Waals surface area contributed by atoms with Gasteiger partial charge >= 0.3 is 6.18 Å². The van der Waals surface area contributed by atoms with Crippen molar-refractivity contribution in [2.75, 3.05) is 38.0 Å². The number of amides is 1. The summed E-state index contributed by atoms with van der Waals surface area (Å²) >= 11 is 1.44. The normalized spacial score (nSPS) is 16.1. The standard InChI is InChI=1S/C21H21F3N4OS/c22-21(23,24)16-5-3-4-15(12-16)13-27-8-10-28(11-9-27)14-19(29)26-20-25-17-6-1-2-7-18(17)30-20/h1-7,12H,8-11,13-14H2,(H,25,26,29). The molecule has 1 amide bonds. The van der Waals surface area contributed by atoms with Gasteiger partial charge < -0.3 is 5.32 Å². The van der Waals surface area contributed by atoms with Crippen LogP contribution < -0.4 is 5.32 Å². The molecule has 1 saturated heterocycles. The van der Waals surface area contributed by atoms with Gasteiger partial charge in [-0.05, 0) is 23.8 Å². The highest BCUT2D eigenvalue weighted by molar-refractivity contribution is 7.22. The molecule has 0 radical (unpaired) electrons. The molecule has 3 aromatic rings. The van der Waals surface area contributed by atoms with E-state index in [0.717, 1.165) is 16.3 Å². The average Bonchev–Trinajstić information content (AvgIpc) is 3.11. The van der Waals surface area contributed by atoms with Gasteiger partial charge in [0.15, 0.2) is 5.13 Å². The second-order valence-corrected chi connectivity index (χ2v) is 8.32. The number of carbonyl (C=O) groups is 1. The smallest absolute Gasteiger partial charge is 0.301 e. The summed E-state index contributed by atoms with van der Waals surface area (Å²) in [4.78, 5) is 20.9. The molecule has 1 aromatic heterocycles. The van der Waals surface area contributed by atoms with Gasteiger partial charge in [-0.1, -0.05) is 41.7 Å². The Balaban J connectivity index is 1.26. The lowest BCUT2D eigenvalue weighted by Gasteiger charge is -2.34. The molecule has 9 heteroatoms. The molecule has 0 spiro atoms. The third-order valence-corrected chi connectivity index (χ3v) is 5.98. The fourth-order valence-electron chi connectivity index (χ4n) is 3.50. The molecule has 2 aromatic carbocycles. The zero-order chi connectivity index (χ0) is 21.1. The fourth-order valence-corrected chi connectivity index (χ4v) is 4.38. The number of benzene rings is 2. The molecule has 0 saturated carbocycles. The van der Waals surface area contributed by atoms with Crippen LogP contribution in [0.25, 0.3) is 10.2 Å². The van der Waals surface area contributed by atoms with Gasteiger partial charge in [0.25, 0.3) is 0 Å². The van der Waals surface area contributed by atoms with Gasteiger partial charge in [0, 0.05) is 32.7 Å². The van der Waals surface area contributed by atoms with E-state index in [9.17, 15) is 18.0 Å². The molecule has 30 heavy (non-hydrogen) atoms. The highest BCUT2D eigenvalue weighted by atomic mass is 32.1. The van der Waals surface area contributed by atoms with Crippen LogP contribution in [0, 0.1) is 0 Å². The van der Waals surface area contributed by atoms with E-state index in [-0.39, 0.29) is 12.5 Å². The third-order valence-electron chi connectivity index (χ3n) is 5.03. The summed E-state index contributed by atoms with van der Waals surface area (Å²) in [5.74, 6) is -0.111. The molecule has 0 bridgehead atoms. The van der Waals surface area contributed by atoms with Crippen molar-refractivity contribution in [3.05, 3.63) is 59.7 Å². The van der Waals surface area contributed by atoms with Crippen LogP contribution in [0.15, 0.2) is 48.5 Å². The SMILES string of the molecule is O=C(CN1CCN(Cc2cccc(C(F)(F)F)c2)CC1)Nc1nc2ccccc2s1. The van der Waals surface area contributed by atoms with Crippen LogP contribution in [0.5, 0.6) is 0 Å². The van der Waals surface area contributed by atoms with Crippen molar-refractivity contribution >= 4 is 32.6 Å². The first-order chi connectivity index (χ1) is 14.4. The van der Waals surface area contributed by atoms with E-state index in [0.29, 0.717) is 43.4 Å². The summed E-state index contributed by atoms with van der Waals surface area (Å²) in [7, 11) is 0. The van der Waals surface area contributed by atoms with Crippen molar-refractivity contribution in [1.29, 1.82) is 0 Å². The molecule has 2 heterocycles. The number of para-hydroxylation sites is 1. The summed E-state index contributed by atoms with van der Waals surface area (Å²) in [6.07, 6.45) is -4.33. The number of halogens is 3. The molecular weight excluding hydrogens is 413 g/mol. The van der Waals surface area contributed by atoms with Gasteiger partial charge in [0.05, 0.1) is 22.3 Å². The Morgan fingerprint density at radius 1 is 1.03 bits per heavy atom. The summed E-state index contributed by atoms with van der Waals surface area (Å²) in [5.41, 5.74) is 0.887. The van der Waals surface area contributed by atoms with E-state index in [1.54, 1.807) is 6.07 Å². The molecule has 1 aliphatic heterocycles. The van der Waals surface area contributed by atoms with Crippen LogP contribution in [0.1, 0.15) is 11.1 Å². The number of nitrogens with zero attached hydrogens (tertiary/aromatic N) is 3. The van der Waals surface area contributed by atoms with E-state index in [1.165, 1.54) is 23.5 Å². The van der Waals surface area contributed by atoms with Crippen molar-refractivity contribution in [1.82, 2.24) is 14.8 Å². The number of hydrogen-bond donors (Lipinski definition) is 1. The molecule has 5 nitrogen and oxygen atoms in total. The molecular formula is C21H21F3N4OS. The largest absolute Gasteiger partial charge is 0.416 e. The summed E-state index contributed by atoms with van der Waals surface area (Å²) in [6, 6.07) is 13.2. The maximum Gasteiger partial charge on any atom is 0.416 e. The lowest BCUT2D eigenvalue weighted by Crippen LogP contribution is -2.48. The number of fused-ring (bicyclic) bond motifs is 1. The predicted octanol–water partition coefficient (Wildman–Crippen LogP) is 4.07. The minimum Gasteiger partial charge on any atom is -0.301 e. The zero-order valence-electron chi connectivity index (χ0n) is 16.2. The monoisotopic (exact) mass is 434 g/mol. The molecule has 1 fully saturated rings. The van der Waals surface area contributed by atoms with Crippen molar-refractivity contribution in [2.45, 2.75) is 12.7 Å². The summed E-state index contributed by atoms with van der Waals surface area (Å²) < 4.78 is 39.6.